The lowest BCUT2D eigenvalue weighted by Crippen LogP contribution is -2.23. The van der Waals surface area contributed by atoms with Crippen LogP contribution in [-0.4, -0.2) is 11.8 Å². The second-order valence-electron chi connectivity index (χ2n) is 7.84. The SMILES string of the molecule is N#Cc1cccc(-c2ccc(CNC(=O)c3ccc4c(c3)NC(=O)c3ccccc3S4)cc2)c1. The van der Waals surface area contributed by atoms with Crippen molar-refractivity contribution < 1.29 is 9.59 Å². The lowest BCUT2D eigenvalue weighted by Gasteiger charge is -2.10. The Morgan fingerprint density at radius 3 is 2.53 bits per heavy atom. The van der Waals surface area contributed by atoms with Crippen molar-refractivity contribution in [2.24, 2.45) is 0 Å². The first-order valence-electron chi connectivity index (χ1n) is 10.7. The van der Waals surface area contributed by atoms with Gasteiger partial charge in [0, 0.05) is 21.9 Å². The van der Waals surface area contributed by atoms with Crippen LogP contribution < -0.4 is 10.6 Å². The van der Waals surface area contributed by atoms with Gasteiger partial charge in [0.05, 0.1) is 22.9 Å². The van der Waals surface area contributed by atoms with Gasteiger partial charge in [-0.1, -0.05) is 60.3 Å². The fourth-order valence-electron chi connectivity index (χ4n) is 3.78. The first kappa shape index (κ1) is 21.5. The Labute approximate surface area is 201 Å². The van der Waals surface area contributed by atoms with Crippen LogP contribution in [0.5, 0.6) is 0 Å². The highest BCUT2D eigenvalue weighted by Gasteiger charge is 2.20. The van der Waals surface area contributed by atoms with E-state index >= 15 is 0 Å². The van der Waals surface area contributed by atoms with Crippen molar-refractivity contribution >= 4 is 29.3 Å². The number of amides is 2. The van der Waals surface area contributed by atoms with Crippen LogP contribution in [0.25, 0.3) is 11.1 Å². The number of fused-ring (bicyclic) bond motifs is 2. The average molecular weight is 462 g/mol. The fourth-order valence-corrected chi connectivity index (χ4v) is 4.79. The quantitative estimate of drug-likeness (QED) is 0.398. The number of nitrogens with one attached hydrogen (secondary N) is 2. The van der Waals surface area contributed by atoms with E-state index in [1.165, 1.54) is 11.8 Å². The molecule has 2 amide bonds. The normalized spacial score (nSPS) is 11.9. The molecule has 5 rings (SSSR count). The molecule has 1 heterocycles. The molecular formula is C28H19N3O2S. The van der Waals surface area contributed by atoms with Crippen LogP contribution in [0.3, 0.4) is 0 Å². The number of nitriles is 1. The van der Waals surface area contributed by atoms with E-state index in [1.807, 2.05) is 66.7 Å². The number of carbonyl (C=O) groups is 2. The number of rotatable bonds is 4. The highest BCUT2D eigenvalue weighted by atomic mass is 32.2. The smallest absolute Gasteiger partial charge is 0.256 e. The third-order valence-corrected chi connectivity index (χ3v) is 6.73. The Morgan fingerprint density at radius 1 is 0.882 bits per heavy atom. The van der Waals surface area contributed by atoms with Crippen molar-refractivity contribution in [2.45, 2.75) is 16.3 Å². The van der Waals surface area contributed by atoms with Crippen molar-refractivity contribution in [1.29, 1.82) is 5.26 Å². The molecule has 0 aliphatic carbocycles. The molecule has 0 saturated carbocycles. The van der Waals surface area contributed by atoms with E-state index in [-0.39, 0.29) is 11.8 Å². The van der Waals surface area contributed by atoms with Gasteiger partial charge >= 0.3 is 0 Å². The summed E-state index contributed by atoms with van der Waals surface area (Å²) in [5, 5.41) is 15.0. The molecule has 164 valence electrons. The van der Waals surface area contributed by atoms with Gasteiger partial charge in [0.1, 0.15) is 0 Å². The van der Waals surface area contributed by atoms with Crippen LogP contribution in [0.1, 0.15) is 31.8 Å². The molecule has 0 atom stereocenters. The zero-order valence-electron chi connectivity index (χ0n) is 18.0. The summed E-state index contributed by atoms with van der Waals surface area (Å²) in [6, 6.07) is 30.3. The van der Waals surface area contributed by atoms with E-state index in [4.69, 9.17) is 5.26 Å². The standard InChI is InChI=1S/C28H19N3O2S/c29-16-19-4-3-5-21(14-19)20-10-8-18(9-11-20)17-30-27(32)22-12-13-26-24(15-22)31-28(33)23-6-1-2-7-25(23)34-26/h1-15H,17H2,(H,30,32)(H,31,33). The number of hydrogen-bond acceptors (Lipinski definition) is 4. The van der Waals surface area contributed by atoms with Crippen LogP contribution in [0.2, 0.25) is 0 Å². The van der Waals surface area contributed by atoms with E-state index < -0.39 is 0 Å². The van der Waals surface area contributed by atoms with Crippen molar-refractivity contribution in [3.63, 3.8) is 0 Å². The number of benzene rings is 4. The van der Waals surface area contributed by atoms with Crippen molar-refractivity contribution in [3.05, 3.63) is 113 Å². The molecule has 0 radical (unpaired) electrons. The van der Waals surface area contributed by atoms with Gasteiger partial charge in [-0.2, -0.15) is 5.26 Å². The van der Waals surface area contributed by atoms with E-state index in [9.17, 15) is 9.59 Å². The van der Waals surface area contributed by atoms with Gasteiger partial charge in [-0.25, -0.2) is 0 Å². The fraction of sp³-hybridized carbons (Fsp3) is 0.0357. The average Bonchev–Trinajstić information content (AvgIpc) is 3.02. The minimum atomic E-state index is -0.213. The van der Waals surface area contributed by atoms with Gasteiger partial charge in [-0.05, 0) is 59.2 Å². The molecule has 0 spiro atoms. The number of nitrogens with zero attached hydrogens (tertiary/aromatic N) is 1. The summed E-state index contributed by atoms with van der Waals surface area (Å²) in [5.41, 5.74) is 5.29. The molecule has 0 unspecified atom stereocenters. The summed E-state index contributed by atoms with van der Waals surface area (Å²) >= 11 is 1.51. The van der Waals surface area contributed by atoms with Crippen molar-refractivity contribution in [2.75, 3.05) is 5.32 Å². The van der Waals surface area contributed by atoms with Gasteiger partial charge in [0.2, 0.25) is 0 Å². The lowest BCUT2D eigenvalue weighted by molar-refractivity contribution is 0.0949. The largest absolute Gasteiger partial charge is 0.348 e. The second kappa shape index (κ2) is 9.26. The lowest BCUT2D eigenvalue weighted by atomic mass is 10.0. The third kappa shape index (κ3) is 4.42. The molecule has 1 aliphatic heterocycles. The molecule has 0 bridgehead atoms. The Kier molecular flexibility index (Phi) is 5.86. The van der Waals surface area contributed by atoms with Crippen LogP contribution in [0, 0.1) is 11.3 Å². The summed E-state index contributed by atoms with van der Waals surface area (Å²) in [6.45, 7) is 0.376. The van der Waals surface area contributed by atoms with Crippen LogP contribution >= 0.6 is 11.8 Å². The van der Waals surface area contributed by atoms with E-state index in [1.54, 1.807) is 24.3 Å². The molecular weight excluding hydrogens is 442 g/mol. The third-order valence-electron chi connectivity index (χ3n) is 5.57. The molecule has 4 aromatic rings. The predicted octanol–water partition coefficient (Wildman–Crippen LogP) is 5.87. The predicted molar refractivity (Wildman–Crippen MR) is 133 cm³/mol. The van der Waals surface area contributed by atoms with Gasteiger partial charge < -0.3 is 10.6 Å². The highest BCUT2D eigenvalue weighted by molar-refractivity contribution is 7.99. The molecule has 2 N–H and O–H groups in total. The molecule has 1 aliphatic rings. The molecule has 34 heavy (non-hydrogen) atoms. The van der Waals surface area contributed by atoms with Gasteiger partial charge in [-0.3, -0.25) is 9.59 Å². The number of anilines is 1. The first-order valence-corrected chi connectivity index (χ1v) is 11.5. The topological polar surface area (TPSA) is 82.0 Å². The molecule has 0 fully saturated rings. The molecule has 5 nitrogen and oxygen atoms in total. The van der Waals surface area contributed by atoms with Gasteiger partial charge in [0.15, 0.2) is 0 Å². The summed E-state index contributed by atoms with van der Waals surface area (Å²) < 4.78 is 0. The minimum Gasteiger partial charge on any atom is -0.348 e. The Hall–Kier alpha value is -4.34. The minimum absolute atomic E-state index is 0.181. The van der Waals surface area contributed by atoms with E-state index in [0.717, 1.165) is 26.5 Å². The maximum Gasteiger partial charge on any atom is 0.256 e. The van der Waals surface area contributed by atoms with Gasteiger partial charge in [0.25, 0.3) is 11.8 Å². The number of hydrogen-bond donors (Lipinski definition) is 2. The van der Waals surface area contributed by atoms with Crippen LogP contribution in [-0.2, 0) is 6.54 Å². The molecule has 0 aromatic heterocycles. The Bertz CT molecular complexity index is 1460. The van der Waals surface area contributed by atoms with Crippen molar-refractivity contribution in [3.8, 4) is 17.2 Å². The molecule has 6 heteroatoms. The summed E-state index contributed by atoms with van der Waals surface area (Å²) in [7, 11) is 0. The zero-order valence-corrected chi connectivity index (χ0v) is 18.9. The summed E-state index contributed by atoms with van der Waals surface area (Å²) in [4.78, 5) is 27.2. The molecule has 0 saturated heterocycles. The van der Waals surface area contributed by atoms with Crippen LogP contribution in [0.15, 0.2) is 101 Å². The number of carbonyl (C=O) groups excluding carboxylic acids is 2. The summed E-state index contributed by atoms with van der Waals surface area (Å²) in [5.74, 6) is -0.394. The Morgan fingerprint density at radius 2 is 1.71 bits per heavy atom. The van der Waals surface area contributed by atoms with Crippen LogP contribution in [0.4, 0.5) is 5.69 Å². The van der Waals surface area contributed by atoms with Crippen molar-refractivity contribution in [1.82, 2.24) is 5.32 Å². The maximum atomic E-state index is 12.8. The zero-order chi connectivity index (χ0) is 23.5. The maximum absolute atomic E-state index is 12.8. The van der Waals surface area contributed by atoms with Gasteiger partial charge in [-0.15, -0.1) is 0 Å². The second-order valence-corrected chi connectivity index (χ2v) is 8.92. The summed E-state index contributed by atoms with van der Waals surface area (Å²) in [6.07, 6.45) is 0. The monoisotopic (exact) mass is 461 g/mol. The van der Waals surface area contributed by atoms with E-state index in [2.05, 4.69) is 16.7 Å². The first-order chi connectivity index (χ1) is 16.6. The van der Waals surface area contributed by atoms with E-state index in [0.29, 0.717) is 28.9 Å². The molecule has 4 aromatic carbocycles. The highest BCUT2D eigenvalue weighted by Crippen LogP contribution is 2.39. The Balaban J connectivity index is 1.27.